The lowest BCUT2D eigenvalue weighted by Crippen LogP contribution is -2.06. The van der Waals surface area contributed by atoms with E-state index >= 15 is 0 Å². The Morgan fingerprint density at radius 3 is 2.41 bits per heavy atom. The molecule has 0 unspecified atom stereocenters. The second-order valence-corrected chi connectivity index (χ2v) is 7.65. The number of rotatable bonds is 5. The van der Waals surface area contributed by atoms with Crippen LogP contribution >= 0.6 is 0 Å². The first-order valence-corrected chi connectivity index (χ1v) is 9.54. The van der Waals surface area contributed by atoms with Gasteiger partial charge in [0.15, 0.2) is 5.82 Å². The molecule has 0 bridgehead atoms. The highest BCUT2D eigenvalue weighted by Crippen LogP contribution is 2.36. The molecule has 27 heavy (non-hydrogen) atoms. The number of hydrogen-bond donors (Lipinski definition) is 1. The van der Waals surface area contributed by atoms with E-state index in [0.29, 0.717) is 0 Å². The van der Waals surface area contributed by atoms with E-state index in [2.05, 4.69) is 15.2 Å². The topological polar surface area (TPSA) is 84.9 Å². The molecule has 0 saturated carbocycles. The lowest BCUT2D eigenvalue weighted by Gasteiger charge is -2.13. The van der Waals surface area contributed by atoms with Crippen LogP contribution in [0.2, 0.25) is 0 Å². The van der Waals surface area contributed by atoms with Crippen molar-refractivity contribution < 1.29 is 26.3 Å². The third kappa shape index (κ3) is 4.45. The van der Waals surface area contributed by atoms with Gasteiger partial charge in [-0.3, -0.25) is 0 Å². The van der Waals surface area contributed by atoms with E-state index in [9.17, 15) is 21.6 Å². The van der Waals surface area contributed by atoms with Crippen LogP contribution in [0.25, 0.3) is 11.4 Å². The smallest absolute Gasteiger partial charge is 0.416 e. The van der Waals surface area contributed by atoms with Gasteiger partial charge in [0.05, 0.1) is 11.1 Å². The molecule has 0 aliphatic carbocycles. The van der Waals surface area contributed by atoms with E-state index in [-0.39, 0.29) is 23.7 Å². The van der Waals surface area contributed by atoms with E-state index < -0.39 is 26.7 Å². The molecule has 0 aliphatic rings. The van der Waals surface area contributed by atoms with Gasteiger partial charge in [-0.25, -0.2) is 13.5 Å². The Labute approximate surface area is 152 Å². The molecule has 6 nitrogen and oxygen atoms in total. The number of aromatic amines is 1. The number of aromatic nitrogens is 3. The number of benzene rings is 2. The molecular formula is C17H14F3N3O3S. The minimum Gasteiger partial charge on any atom is -0.488 e. The van der Waals surface area contributed by atoms with Gasteiger partial charge in [-0.05, 0) is 23.8 Å². The monoisotopic (exact) mass is 397 g/mol. The van der Waals surface area contributed by atoms with Crippen molar-refractivity contribution >= 4 is 9.84 Å². The molecule has 3 rings (SSSR count). The van der Waals surface area contributed by atoms with Gasteiger partial charge in [0.2, 0.25) is 15.0 Å². The van der Waals surface area contributed by atoms with Crippen molar-refractivity contribution in [2.75, 3.05) is 6.26 Å². The number of alkyl halides is 3. The molecule has 0 saturated heterocycles. The molecule has 1 heterocycles. The molecule has 0 amide bonds. The van der Waals surface area contributed by atoms with Crippen LogP contribution in [-0.4, -0.2) is 29.9 Å². The summed E-state index contributed by atoms with van der Waals surface area (Å²) in [5.74, 6) is -0.101. The van der Waals surface area contributed by atoms with Crippen molar-refractivity contribution in [3.05, 3.63) is 59.7 Å². The number of H-pyrrole nitrogens is 1. The number of sulfone groups is 1. The molecule has 0 atom stereocenters. The highest BCUT2D eigenvalue weighted by Gasteiger charge is 2.32. The molecule has 0 radical (unpaired) electrons. The first-order chi connectivity index (χ1) is 12.6. The van der Waals surface area contributed by atoms with Gasteiger partial charge in [0.25, 0.3) is 0 Å². The Morgan fingerprint density at radius 1 is 1.11 bits per heavy atom. The molecule has 1 N–H and O–H groups in total. The fourth-order valence-corrected chi connectivity index (χ4v) is 2.74. The Bertz CT molecular complexity index is 1050. The molecule has 3 aromatic rings. The van der Waals surface area contributed by atoms with Crippen LogP contribution in [-0.2, 0) is 22.6 Å². The average Bonchev–Trinajstić information content (AvgIpc) is 3.10. The number of nitrogens with zero attached hydrogens (tertiary/aromatic N) is 2. The highest BCUT2D eigenvalue weighted by atomic mass is 32.2. The van der Waals surface area contributed by atoms with E-state index in [0.717, 1.165) is 30.0 Å². The van der Waals surface area contributed by atoms with Crippen LogP contribution in [0, 0.1) is 0 Å². The van der Waals surface area contributed by atoms with E-state index in [1.807, 2.05) is 6.07 Å². The lowest BCUT2D eigenvalue weighted by atomic mass is 10.1. The van der Waals surface area contributed by atoms with Crippen molar-refractivity contribution in [1.29, 1.82) is 0 Å². The number of halogens is 3. The number of nitrogens with one attached hydrogen (secondary N) is 1. The molecule has 0 spiro atoms. The zero-order valence-electron chi connectivity index (χ0n) is 14.0. The maximum absolute atomic E-state index is 13.1. The van der Waals surface area contributed by atoms with Crippen LogP contribution in [0.15, 0.2) is 53.7 Å². The molecule has 1 aromatic heterocycles. The minimum absolute atomic E-state index is 0.0630. The van der Waals surface area contributed by atoms with Crippen molar-refractivity contribution in [1.82, 2.24) is 15.2 Å². The fourth-order valence-electron chi connectivity index (χ4n) is 2.28. The summed E-state index contributed by atoms with van der Waals surface area (Å²) in [4.78, 5) is 3.79. The van der Waals surface area contributed by atoms with Gasteiger partial charge in [-0.1, -0.05) is 30.3 Å². The summed E-state index contributed by atoms with van der Waals surface area (Å²) in [7, 11) is -3.69. The van der Waals surface area contributed by atoms with Gasteiger partial charge in [-0.15, -0.1) is 0 Å². The fraction of sp³-hybridized carbons (Fsp3) is 0.176. The predicted molar refractivity (Wildman–Crippen MR) is 90.7 cm³/mol. The molecule has 2 aromatic carbocycles. The number of ether oxygens (including phenoxy) is 1. The summed E-state index contributed by atoms with van der Waals surface area (Å²) in [6.45, 7) is 0.114. The highest BCUT2D eigenvalue weighted by molar-refractivity contribution is 7.90. The summed E-state index contributed by atoms with van der Waals surface area (Å²) in [5.41, 5.74) is -0.169. The van der Waals surface area contributed by atoms with Gasteiger partial charge in [0, 0.05) is 6.26 Å². The third-order valence-electron chi connectivity index (χ3n) is 3.60. The zero-order valence-corrected chi connectivity index (χ0v) is 14.8. The van der Waals surface area contributed by atoms with Crippen molar-refractivity contribution in [3.63, 3.8) is 0 Å². The maximum atomic E-state index is 13.1. The summed E-state index contributed by atoms with van der Waals surface area (Å²) in [6.07, 6.45) is -3.67. The van der Waals surface area contributed by atoms with E-state index in [1.165, 1.54) is 0 Å². The van der Waals surface area contributed by atoms with Gasteiger partial charge >= 0.3 is 6.18 Å². The second-order valence-electron chi connectivity index (χ2n) is 5.72. The molecule has 0 fully saturated rings. The quantitative estimate of drug-likeness (QED) is 0.713. The van der Waals surface area contributed by atoms with Crippen LogP contribution in [0.4, 0.5) is 13.2 Å². The molecule has 10 heteroatoms. The van der Waals surface area contributed by atoms with Crippen molar-refractivity contribution in [3.8, 4) is 17.1 Å². The second kappa shape index (κ2) is 7.03. The predicted octanol–water partition coefficient (Wildman–Crippen LogP) is 3.47. The average molecular weight is 397 g/mol. The van der Waals surface area contributed by atoms with Crippen LogP contribution in [0.1, 0.15) is 11.1 Å². The normalized spacial score (nSPS) is 12.1. The maximum Gasteiger partial charge on any atom is 0.416 e. The van der Waals surface area contributed by atoms with Gasteiger partial charge in [-0.2, -0.15) is 23.3 Å². The Hall–Kier alpha value is -2.88. The zero-order chi connectivity index (χ0) is 19.7. The molecular weight excluding hydrogens is 383 g/mol. The molecule has 142 valence electrons. The largest absolute Gasteiger partial charge is 0.488 e. The summed E-state index contributed by atoms with van der Waals surface area (Å²) >= 11 is 0. The van der Waals surface area contributed by atoms with Gasteiger partial charge in [0.1, 0.15) is 12.4 Å². The Balaban J connectivity index is 2.01. The van der Waals surface area contributed by atoms with Crippen molar-refractivity contribution in [2.24, 2.45) is 0 Å². The minimum atomic E-state index is -4.58. The Kier molecular flexibility index (Phi) is 4.92. The lowest BCUT2D eigenvalue weighted by molar-refractivity contribution is -0.137. The SMILES string of the molecule is CS(=O)(=O)c1nc(-c2cc(C(F)(F)F)ccc2OCc2ccccc2)n[nH]1. The van der Waals surface area contributed by atoms with E-state index in [1.54, 1.807) is 24.3 Å². The number of hydrogen-bond acceptors (Lipinski definition) is 5. The van der Waals surface area contributed by atoms with Gasteiger partial charge < -0.3 is 4.74 Å². The summed E-state index contributed by atoms with van der Waals surface area (Å²) < 4.78 is 68.0. The summed E-state index contributed by atoms with van der Waals surface area (Å²) in [6, 6.07) is 11.9. The first-order valence-electron chi connectivity index (χ1n) is 7.65. The van der Waals surface area contributed by atoms with Crippen LogP contribution in [0.5, 0.6) is 5.75 Å². The van der Waals surface area contributed by atoms with E-state index in [4.69, 9.17) is 4.74 Å². The third-order valence-corrected chi connectivity index (χ3v) is 4.49. The Morgan fingerprint density at radius 2 is 1.81 bits per heavy atom. The standard InChI is InChI=1S/C17H14F3N3O3S/c1-27(24,25)16-21-15(22-23-16)13-9-12(17(18,19)20)7-8-14(13)26-10-11-5-3-2-4-6-11/h2-9H,10H2,1H3,(H,21,22,23). The first kappa shape index (κ1) is 18.9. The van der Waals surface area contributed by atoms with Crippen molar-refractivity contribution in [2.45, 2.75) is 17.9 Å². The summed E-state index contributed by atoms with van der Waals surface area (Å²) in [5, 5.41) is 5.51. The molecule has 0 aliphatic heterocycles. The van der Waals surface area contributed by atoms with Crippen LogP contribution < -0.4 is 4.74 Å². The van der Waals surface area contributed by atoms with Crippen LogP contribution in [0.3, 0.4) is 0 Å².